The van der Waals surface area contributed by atoms with Crippen LogP contribution in [0.3, 0.4) is 0 Å². The second-order valence-electron chi connectivity index (χ2n) is 3.51. The Morgan fingerprint density at radius 2 is 2.29 bits per heavy atom. The highest BCUT2D eigenvalue weighted by Crippen LogP contribution is 2.14. The van der Waals surface area contributed by atoms with Gasteiger partial charge >= 0.3 is 0 Å². The van der Waals surface area contributed by atoms with E-state index in [0.717, 1.165) is 0 Å². The molecule has 0 saturated heterocycles. The predicted molar refractivity (Wildman–Crippen MR) is 58.6 cm³/mol. The molecule has 0 saturated carbocycles. The second-order valence-corrected chi connectivity index (χ2v) is 3.51. The summed E-state index contributed by atoms with van der Waals surface area (Å²) in [4.78, 5) is 14.5. The van der Waals surface area contributed by atoms with Gasteiger partial charge in [0, 0.05) is 13.5 Å². The lowest BCUT2D eigenvalue weighted by Gasteiger charge is -2.17. The van der Waals surface area contributed by atoms with Gasteiger partial charge in [-0.15, -0.1) is 0 Å². The van der Waals surface area contributed by atoms with Crippen LogP contribution < -0.4 is 5.32 Å². The summed E-state index contributed by atoms with van der Waals surface area (Å²) >= 11 is 0. The van der Waals surface area contributed by atoms with Crippen LogP contribution in [0.5, 0.6) is 0 Å². The molecular formula is C11H13N3O3. The molecule has 90 valence electrons. The Morgan fingerprint density at radius 1 is 1.59 bits per heavy atom. The van der Waals surface area contributed by atoms with Gasteiger partial charge in [0.1, 0.15) is 24.0 Å². The quantitative estimate of drug-likeness (QED) is 0.651. The molecule has 1 rings (SSSR count). The molecule has 0 aromatic carbocycles. The van der Waals surface area contributed by atoms with Crippen LogP contribution in [-0.4, -0.2) is 33.8 Å². The van der Waals surface area contributed by atoms with Gasteiger partial charge in [-0.25, -0.2) is 4.98 Å². The Bertz CT molecular complexity index is 442. The minimum Gasteiger partial charge on any atom is -0.388 e. The number of carbonyl (C=O) groups excluding carboxylic acids is 1. The summed E-state index contributed by atoms with van der Waals surface area (Å²) in [7, 11) is 0. The Balaban J connectivity index is 2.71. The molecule has 0 fully saturated rings. The first-order chi connectivity index (χ1) is 8.04. The average molecular weight is 235 g/mol. The van der Waals surface area contributed by atoms with Crippen LogP contribution in [0, 0.1) is 11.3 Å². The zero-order valence-corrected chi connectivity index (χ0v) is 9.29. The smallest absolute Gasteiger partial charge is 0.216 e. The molecule has 0 aliphatic heterocycles. The van der Waals surface area contributed by atoms with Gasteiger partial charge in [-0.1, -0.05) is 6.07 Å². The first-order valence-corrected chi connectivity index (χ1v) is 5.02. The number of amides is 1. The zero-order valence-electron chi connectivity index (χ0n) is 9.29. The number of nitriles is 1. The number of hydrogen-bond donors (Lipinski definition) is 3. The van der Waals surface area contributed by atoms with E-state index in [1.165, 1.54) is 19.1 Å². The van der Waals surface area contributed by atoms with Gasteiger partial charge in [0.2, 0.25) is 5.91 Å². The molecule has 3 N–H and O–H groups in total. The number of nitrogens with one attached hydrogen (secondary N) is 1. The van der Waals surface area contributed by atoms with Crippen molar-refractivity contribution >= 4 is 5.91 Å². The molecular weight excluding hydrogens is 222 g/mol. The lowest BCUT2D eigenvalue weighted by molar-refractivity contribution is -0.119. The van der Waals surface area contributed by atoms with Gasteiger partial charge < -0.3 is 15.5 Å². The molecule has 0 aliphatic rings. The van der Waals surface area contributed by atoms with Crippen LogP contribution >= 0.6 is 0 Å². The van der Waals surface area contributed by atoms with Crippen molar-refractivity contribution in [1.82, 2.24) is 10.3 Å². The van der Waals surface area contributed by atoms with Gasteiger partial charge in [0.05, 0.1) is 5.69 Å². The minimum atomic E-state index is -1.24. The molecule has 1 amide bonds. The van der Waals surface area contributed by atoms with Crippen LogP contribution in [0.1, 0.15) is 24.4 Å². The maximum absolute atomic E-state index is 10.6. The van der Waals surface area contributed by atoms with Crippen molar-refractivity contribution in [2.24, 2.45) is 0 Å². The molecule has 6 heteroatoms. The Kier molecular flexibility index (Phi) is 4.57. The van der Waals surface area contributed by atoms with Crippen molar-refractivity contribution in [1.29, 1.82) is 5.26 Å². The second kappa shape index (κ2) is 5.94. The van der Waals surface area contributed by atoms with Crippen molar-refractivity contribution in [2.45, 2.75) is 19.1 Å². The Labute approximate surface area is 98.5 Å². The first kappa shape index (κ1) is 13.1. The number of aliphatic hydroxyl groups is 2. The Hall–Kier alpha value is -1.97. The van der Waals surface area contributed by atoms with E-state index in [1.807, 2.05) is 6.07 Å². The maximum atomic E-state index is 10.6. The standard InChI is InChI=1S/C11H13N3O3/c1-7(15)13-6-10(16)11(17)9-4-2-3-8(5-12)14-9/h2-4,10-11,16-17H,6H2,1H3,(H,13,15). The summed E-state index contributed by atoms with van der Waals surface area (Å²) in [5.41, 5.74) is 0.357. The number of hydrogen-bond acceptors (Lipinski definition) is 5. The van der Waals surface area contributed by atoms with Gasteiger partial charge in [-0.3, -0.25) is 4.79 Å². The number of aromatic nitrogens is 1. The van der Waals surface area contributed by atoms with Gasteiger partial charge in [0.15, 0.2) is 0 Å². The van der Waals surface area contributed by atoms with Crippen LogP contribution in [0.15, 0.2) is 18.2 Å². The molecule has 6 nitrogen and oxygen atoms in total. The van der Waals surface area contributed by atoms with E-state index in [9.17, 15) is 15.0 Å². The monoisotopic (exact) mass is 235 g/mol. The number of carbonyl (C=O) groups is 1. The normalized spacial score (nSPS) is 13.5. The van der Waals surface area contributed by atoms with Crippen molar-refractivity contribution in [3.63, 3.8) is 0 Å². The van der Waals surface area contributed by atoms with Crippen molar-refractivity contribution in [2.75, 3.05) is 6.54 Å². The first-order valence-electron chi connectivity index (χ1n) is 5.02. The fourth-order valence-corrected chi connectivity index (χ4v) is 1.24. The lowest BCUT2D eigenvalue weighted by atomic mass is 10.1. The van der Waals surface area contributed by atoms with Crippen LogP contribution in [-0.2, 0) is 4.79 Å². The molecule has 0 bridgehead atoms. The summed E-state index contributed by atoms with van der Waals surface area (Å²) in [6.07, 6.45) is -2.41. The fourth-order valence-electron chi connectivity index (χ4n) is 1.24. The molecule has 2 unspecified atom stereocenters. The highest BCUT2D eigenvalue weighted by molar-refractivity contribution is 5.72. The van der Waals surface area contributed by atoms with Gasteiger partial charge in [-0.2, -0.15) is 5.26 Å². The minimum absolute atomic E-state index is 0.0744. The number of nitrogens with zero attached hydrogens (tertiary/aromatic N) is 2. The Morgan fingerprint density at radius 3 is 2.88 bits per heavy atom. The van der Waals surface area contributed by atoms with Crippen molar-refractivity contribution < 1.29 is 15.0 Å². The highest BCUT2D eigenvalue weighted by Gasteiger charge is 2.19. The highest BCUT2D eigenvalue weighted by atomic mass is 16.3. The third-order valence-corrected chi connectivity index (χ3v) is 2.11. The summed E-state index contributed by atoms with van der Waals surface area (Å²) in [5.74, 6) is -0.296. The largest absolute Gasteiger partial charge is 0.388 e. The van der Waals surface area contributed by atoms with E-state index in [2.05, 4.69) is 10.3 Å². The summed E-state index contributed by atoms with van der Waals surface area (Å²) < 4.78 is 0. The van der Waals surface area contributed by atoms with Crippen LogP contribution in [0.4, 0.5) is 0 Å². The van der Waals surface area contributed by atoms with Crippen molar-refractivity contribution in [3.8, 4) is 6.07 Å². The van der Waals surface area contributed by atoms with Gasteiger partial charge in [0.25, 0.3) is 0 Å². The molecule has 17 heavy (non-hydrogen) atoms. The van der Waals surface area contributed by atoms with Crippen molar-refractivity contribution in [3.05, 3.63) is 29.6 Å². The molecule has 1 aromatic heterocycles. The lowest BCUT2D eigenvalue weighted by Crippen LogP contribution is -2.34. The van der Waals surface area contributed by atoms with Crippen LogP contribution in [0.25, 0.3) is 0 Å². The number of rotatable bonds is 4. The summed E-state index contributed by atoms with van der Waals surface area (Å²) in [6, 6.07) is 6.40. The molecule has 0 spiro atoms. The maximum Gasteiger partial charge on any atom is 0.216 e. The zero-order chi connectivity index (χ0) is 12.8. The van der Waals surface area contributed by atoms with E-state index in [4.69, 9.17) is 5.26 Å². The third kappa shape index (κ3) is 3.83. The van der Waals surface area contributed by atoms with E-state index >= 15 is 0 Å². The molecule has 1 heterocycles. The van der Waals surface area contributed by atoms with E-state index in [-0.39, 0.29) is 23.8 Å². The summed E-state index contributed by atoms with van der Waals surface area (Å²) in [6.45, 7) is 1.24. The molecule has 1 aromatic rings. The number of aliphatic hydroxyl groups excluding tert-OH is 2. The topological polar surface area (TPSA) is 106 Å². The van der Waals surface area contributed by atoms with Crippen LogP contribution in [0.2, 0.25) is 0 Å². The number of pyridine rings is 1. The molecule has 0 aliphatic carbocycles. The predicted octanol–water partition coefficient (Wildman–Crippen LogP) is -0.516. The van der Waals surface area contributed by atoms with E-state index in [1.54, 1.807) is 6.07 Å². The molecule has 2 atom stereocenters. The average Bonchev–Trinajstić information content (AvgIpc) is 2.35. The molecule has 0 radical (unpaired) electrons. The SMILES string of the molecule is CC(=O)NCC(O)C(O)c1cccc(C#N)n1. The van der Waals surface area contributed by atoms with E-state index in [0.29, 0.717) is 0 Å². The summed E-state index contributed by atoms with van der Waals surface area (Å²) in [5, 5.41) is 30.4. The van der Waals surface area contributed by atoms with E-state index < -0.39 is 12.2 Å². The fraction of sp³-hybridized carbons (Fsp3) is 0.364. The third-order valence-electron chi connectivity index (χ3n) is 2.11. The van der Waals surface area contributed by atoms with Gasteiger partial charge in [-0.05, 0) is 12.1 Å².